The molecule has 1 aliphatic heterocycles. The quantitative estimate of drug-likeness (QED) is 0.573. The molecule has 25 heavy (non-hydrogen) atoms. The number of benzene rings is 1. The second kappa shape index (κ2) is 9.82. The average molecular weight is 342 g/mol. The van der Waals surface area contributed by atoms with E-state index < -0.39 is 0 Å². The average Bonchev–Trinajstić information content (AvgIpc) is 2.66. The molecule has 6 nitrogen and oxygen atoms in total. The van der Waals surface area contributed by atoms with E-state index in [4.69, 9.17) is 0 Å². The molecule has 0 saturated carbocycles. The molecule has 2 N–H and O–H groups in total. The lowest BCUT2D eigenvalue weighted by Gasteiger charge is -2.34. The van der Waals surface area contributed by atoms with Gasteiger partial charge >= 0.3 is 0 Å². The molecule has 1 aromatic carbocycles. The predicted molar refractivity (Wildman–Crippen MR) is 96.3 cm³/mol. The summed E-state index contributed by atoms with van der Waals surface area (Å²) in [5, 5.41) is 21.4. The summed E-state index contributed by atoms with van der Waals surface area (Å²) in [6.45, 7) is 5.59. The number of rotatable bonds is 7. The summed E-state index contributed by atoms with van der Waals surface area (Å²) in [5.74, 6) is -0.248. The number of nitriles is 1. The highest BCUT2D eigenvalue weighted by Crippen LogP contribution is 2.10. The molecule has 0 aromatic heterocycles. The Labute approximate surface area is 149 Å². The maximum absolute atomic E-state index is 12.5. The van der Waals surface area contributed by atoms with Gasteiger partial charge in [-0.05, 0) is 12.0 Å². The van der Waals surface area contributed by atoms with Crippen LogP contribution in [0.5, 0.6) is 0 Å². The lowest BCUT2D eigenvalue weighted by atomic mass is 10.2. The fourth-order valence-electron chi connectivity index (χ4n) is 2.76. The first-order valence-electron chi connectivity index (χ1n) is 8.70. The van der Waals surface area contributed by atoms with Crippen LogP contribution in [-0.2, 0) is 11.3 Å². The first-order valence-corrected chi connectivity index (χ1v) is 8.70. The SMILES string of the molecule is CCC(CO)N/C=C(/C#N)C(=O)N1CCN(Cc2ccccc2)CC1. The van der Waals surface area contributed by atoms with Gasteiger partial charge in [0.2, 0.25) is 0 Å². The van der Waals surface area contributed by atoms with Crippen molar-refractivity contribution >= 4 is 5.91 Å². The Morgan fingerprint density at radius 1 is 1.32 bits per heavy atom. The van der Waals surface area contributed by atoms with Crippen molar-refractivity contribution in [3.8, 4) is 6.07 Å². The molecule has 0 aliphatic carbocycles. The molecule has 1 fully saturated rings. The Hall–Kier alpha value is -2.36. The normalized spacial score (nSPS) is 17.0. The van der Waals surface area contributed by atoms with Gasteiger partial charge in [-0.25, -0.2) is 0 Å². The highest BCUT2D eigenvalue weighted by molar-refractivity contribution is 5.97. The standard InChI is InChI=1S/C19H26N4O2/c1-2-18(15-24)21-13-17(12-20)19(25)23-10-8-22(9-11-23)14-16-6-4-3-5-7-16/h3-7,13,18,21,24H,2,8-11,14-15H2,1H3/b17-13-. The van der Waals surface area contributed by atoms with Crippen molar-refractivity contribution in [3.05, 3.63) is 47.7 Å². The monoisotopic (exact) mass is 342 g/mol. The summed E-state index contributed by atoms with van der Waals surface area (Å²) < 4.78 is 0. The lowest BCUT2D eigenvalue weighted by Crippen LogP contribution is -2.48. The van der Waals surface area contributed by atoms with Crippen LogP contribution in [0.15, 0.2) is 42.1 Å². The fraction of sp³-hybridized carbons (Fsp3) is 0.474. The second-order valence-electron chi connectivity index (χ2n) is 6.18. The molecule has 0 spiro atoms. The van der Waals surface area contributed by atoms with Crippen molar-refractivity contribution in [2.24, 2.45) is 0 Å². The highest BCUT2D eigenvalue weighted by atomic mass is 16.3. The number of aliphatic hydroxyl groups is 1. The van der Waals surface area contributed by atoms with Gasteiger partial charge in [-0.2, -0.15) is 5.26 Å². The number of nitrogens with zero attached hydrogens (tertiary/aromatic N) is 3. The maximum Gasteiger partial charge on any atom is 0.266 e. The minimum absolute atomic E-state index is 0.0297. The van der Waals surface area contributed by atoms with Gasteiger partial charge in [-0.1, -0.05) is 37.3 Å². The summed E-state index contributed by atoms with van der Waals surface area (Å²) in [4.78, 5) is 16.5. The Bertz CT molecular complexity index is 612. The van der Waals surface area contributed by atoms with Gasteiger partial charge in [0.15, 0.2) is 0 Å². The summed E-state index contributed by atoms with van der Waals surface area (Å²) >= 11 is 0. The molecule has 1 saturated heterocycles. The molecule has 2 rings (SSSR count). The Balaban J connectivity index is 1.87. The molecule has 1 heterocycles. The third-order valence-corrected chi connectivity index (χ3v) is 4.44. The zero-order chi connectivity index (χ0) is 18.1. The van der Waals surface area contributed by atoms with Crippen molar-refractivity contribution in [2.75, 3.05) is 32.8 Å². The summed E-state index contributed by atoms with van der Waals surface area (Å²) in [7, 11) is 0. The molecule has 0 bridgehead atoms. The highest BCUT2D eigenvalue weighted by Gasteiger charge is 2.23. The largest absolute Gasteiger partial charge is 0.394 e. The van der Waals surface area contributed by atoms with E-state index in [9.17, 15) is 15.2 Å². The van der Waals surface area contributed by atoms with Crippen LogP contribution in [0.4, 0.5) is 0 Å². The van der Waals surface area contributed by atoms with Gasteiger partial charge in [0.1, 0.15) is 11.6 Å². The summed E-state index contributed by atoms with van der Waals surface area (Å²) in [6, 6.07) is 12.1. The number of nitrogens with one attached hydrogen (secondary N) is 1. The number of carbonyl (C=O) groups excluding carboxylic acids is 1. The van der Waals surface area contributed by atoms with Gasteiger partial charge in [0, 0.05) is 45.0 Å². The molecule has 1 atom stereocenters. The van der Waals surface area contributed by atoms with Crippen molar-refractivity contribution in [2.45, 2.75) is 25.9 Å². The molecule has 1 aliphatic rings. The smallest absolute Gasteiger partial charge is 0.266 e. The number of hydrogen-bond donors (Lipinski definition) is 2. The number of aliphatic hydroxyl groups excluding tert-OH is 1. The third kappa shape index (κ3) is 5.59. The molecule has 1 amide bonds. The van der Waals surface area contributed by atoms with Crippen molar-refractivity contribution in [3.63, 3.8) is 0 Å². The van der Waals surface area contributed by atoms with Crippen molar-refractivity contribution in [1.29, 1.82) is 5.26 Å². The van der Waals surface area contributed by atoms with Gasteiger partial charge in [0.25, 0.3) is 5.91 Å². The van der Waals surface area contributed by atoms with Crippen LogP contribution in [-0.4, -0.2) is 59.6 Å². The van der Waals surface area contributed by atoms with E-state index in [0.717, 1.165) is 26.1 Å². The Morgan fingerprint density at radius 3 is 2.56 bits per heavy atom. The second-order valence-corrected chi connectivity index (χ2v) is 6.18. The van der Waals surface area contributed by atoms with Crippen LogP contribution < -0.4 is 5.32 Å². The van der Waals surface area contributed by atoms with Crippen molar-refractivity contribution in [1.82, 2.24) is 15.1 Å². The van der Waals surface area contributed by atoms with Crippen LogP contribution in [0, 0.1) is 11.3 Å². The first kappa shape index (κ1) is 19.0. The molecule has 1 unspecified atom stereocenters. The Morgan fingerprint density at radius 2 is 2.00 bits per heavy atom. The summed E-state index contributed by atoms with van der Waals surface area (Å²) in [5.41, 5.74) is 1.35. The fourth-order valence-corrected chi connectivity index (χ4v) is 2.76. The zero-order valence-electron chi connectivity index (χ0n) is 14.7. The van der Waals surface area contributed by atoms with Gasteiger partial charge in [-0.15, -0.1) is 0 Å². The number of hydrogen-bond acceptors (Lipinski definition) is 5. The number of carbonyl (C=O) groups is 1. The van der Waals surface area contributed by atoms with Crippen LogP contribution in [0.1, 0.15) is 18.9 Å². The first-order chi connectivity index (χ1) is 12.2. The number of piperazine rings is 1. The molecular weight excluding hydrogens is 316 g/mol. The van der Waals surface area contributed by atoms with E-state index in [-0.39, 0.29) is 24.1 Å². The maximum atomic E-state index is 12.5. The summed E-state index contributed by atoms with van der Waals surface area (Å²) in [6.07, 6.45) is 2.15. The van der Waals surface area contributed by atoms with Crippen molar-refractivity contribution < 1.29 is 9.90 Å². The predicted octanol–water partition coefficient (Wildman–Crippen LogP) is 1.10. The number of amides is 1. The van der Waals surface area contributed by atoms with Crippen LogP contribution in [0.25, 0.3) is 0 Å². The Kier molecular flexibility index (Phi) is 7.45. The lowest BCUT2D eigenvalue weighted by molar-refractivity contribution is -0.128. The van der Waals surface area contributed by atoms with E-state index in [1.165, 1.54) is 11.8 Å². The molecular formula is C19H26N4O2. The minimum Gasteiger partial charge on any atom is -0.394 e. The van der Waals surface area contributed by atoms with Crippen LogP contribution >= 0.6 is 0 Å². The zero-order valence-corrected chi connectivity index (χ0v) is 14.7. The van der Waals surface area contributed by atoms with E-state index >= 15 is 0 Å². The van der Waals surface area contributed by atoms with E-state index in [1.54, 1.807) is 4.90 Å². The third-order valence-electron chi connectivity index (χ3n) is 4.44. The molecule has 1 aromatic rings. The van der Waals surface area contributed by atoms with E-state index in [1.807, 2.05) is 31.2 Å². The van der Waals surface area contributed by atoms with Gasteiger partial charge in [0.05, 0.1) is 6.61 Å². The van der Waals surface area contributed by atoms with Gasteiger partial charge in [-0.3, -0.25) is 9.69 Å². The molecule has 134 valence electrons. The topological polar surface area (TPSA) is 79.6 Å². The van der Waals surface area contributed by atoms with Crippen LogP contribution in [0.2, 0.25) is 0 Å². The van der Waals surface area contributed by atoms with E-state index in [0.29, 0.717) is 13.1 Å². The van der Waals surface area contributed by atoms with E-state index in [2.05, 4.69) is 22.3 Å². The van der Waals surface area contributed by atoms with Crippen LogP contribution in [0.3, 0.4) is 0 Å². The minimum atomic E-state index is -0.248. The molecule has 6 heteroatoms. The molecule has 0 radical (unpaired) electrons. The van der Waals surface area contributed by atoms with Gasteiger partial charge < -0.3 is 15.3 Å².